The van der Waals surface area contributed by atoms with Crippen molar-refractivity contribution in [2.45, 2.75) is 13.0 Å². The standard InChI is InChI=1S/C24H21FN6O/c1-29-13-3-6-22(29)21-15-23(31(28-21)20-9-7-19(25)8-10-20)24(32)30(14-4-11-26)17-18-5-2-12-27-16-18/h2-3,5-10,12-13,15-16H,4,14,17H2,1H3. The first-order chi connectivity index (χ1) is 15.6. The predicted molar refractivity (Wildman–Crippen MR) is 117 cm³/mol. The summed E-state index contributed by atoms with van der Waals surface area (Å²) < 4.78 is 16.9. The van der Waals surface area contributed by atoms with Crippen LogP contribution in [0, 0.1) is 17.1 Å². The van der Waals surface area contributed by atoms with Crippen molar-refractivity contribution >= 4 is 5.91 Å². The van der Waals surface area contributed by atoms with E-state index < -0.39 is 0 Å². The van der Waals surface area contributed by atoms with Gasteiger partial charge in [-0.1, -0.05) is 6.07 Å². The van der Waals surface area contributed by atoms with Crippen LogP contribution in [-0.4, -0.2) is 36.7 Å². The van der Waals surface area contributed by atoms with Crippen LogP contribution in [0.1, 0.15) is 22.5 Å². The van der Waals surface area contributed by atoms with Gasteiger partial charge in [0.2, 0.25) is 0 Å². The second kappa shape index (κ2) is 9.27. The van der Waals surface area contributed by atoms with Crippen LogP contribution < -0.4 is 0 Å². The van der Waals surface area contributed by atoms with Crippen LogP contribution in [0.15, 0.2) is 73.2 Å². The van der Waals surface area contributed by atoms with Gasteiger partial charge >= 0.3 is 0 Å². The monoisotopic (exact) mass is 428 g/mol. The molecule has 1 aromatic carbocycles. The summed E-state index contributed by atoms with van der Waals surface area (Å²) in [6.07, 6.45) is 5.46. The third-order valence-corrected chi connectivity index (χ3v) is 5.08. The summed E-state index contributed by atoms with van der Waals surface area (Å²) in [5, 5.41) is 13.7. The summed E-state index contributed by atoms with van der Waals surface area (Å²) in [7, 11) is 1.90. The summed E-state index contributed by atoms with van der Waals surface area (Å²) >= 11 is 0. The highest BCUT2D eigenvalue weighted by atomic mass is 19.1. The number of aromatic nitrogens is 4. The zero-order chi connectivity index (χ0) is 22.5. The van der Waals surface area contributed by atoms with Gasteiger partial charge in [-0.05, 0) is 54.1 Å². The summed E-state index contributed by atoms with van der Waals surface area (Å²) in [6.45, 7) is 0.570. The van der Waals surface area contributed by atoms with Gasteiger partial charge in [-0.3, -0.25) is 9.78 Å². The van der Waals surface area contributed by atoms with Crippen molar-refractivity contribution < 1.29 is 9.18 Å². The van der Waals surface area contributed by atoms with Gasteiger partial charge in [0.05, 0.1) is 23.9 Å². The van der Waals surface area contributed by atoms with Gasteiger partial charge in [0.15, 0.2) is 0 Å². The quantitative estimate of drug-likeness (QED) is 0.446. The molecule has 0 N–H and O–H groups in total. The average Bonchev–Trinajstić information content (AvgIpc) is 3.43. The fraction of sp³-hybridized carbons (Fsp3) is 0.167. The molecule has 8 heteroatoms. The molecule has 0 spiro atoms. The van der Waals surface area contributed by atoms with Gasteiger partial charge < -0.3 is 9.47 Å². The molecule has 0 bridgehead atoms. The van der Waals surface area contributed by atoms with Gasteiger partial charge in [-0.2, -0.15) is 10.4 Å². The topological polar surface area (TPSA) is 79.7 Å². The molecule has 1 amide bonds. The van der Waals surface area contributed by atoms with Gasteiger partial charge in [-0.15, -0.1) is 0 Å². The Kier molecular flexibility index (Phi) is 6.08. The number of aryl methyl sites for hydroxylation is 1. The van der Waals surface area contributed by atoms with Crippen LogP contribution in [0.4, 0.5) is 4.39 Å². The molecule has 7 nitrogen and oxygen atoms in total. The molecule has 0 unspecified atom stereocenters. The Hall–Kier alpha value is -4.25. The van der Waals surface area contributed by atoms with Crippen molar-refractivity contribution in [2.24, 2.45) is 7.05 Å². The van der Waals surface area contributed by atoms with Gasteiger partial charge in [0.25, 0.3) is 5.91 Å². The van der Waals surface area contributed by atoms with E-state index in [1.54, 1.807) is 41.6 Å². The van der Waals surface area contributed by atoms with E-state index >= 15 is 0 Å². The molecular formula is C24H21FN6O. The van der Waals surface area contributed by atoms with Crippen molar-refractivity contribution in [1.29, 1.82) is 5.26 Å². The van der Waals surface area contributed by atoms with Crippen LogP contribution in [0.5, 0.6) is 0 Å². The van der Waals surface area contributed by atoms with Crippen molar-refractivity contribution in [3.63, 3.8) is 0 Å². The lowest BCUT2D eigenvalue weighted by atomic mass is 10.2. The first kappa shape index (κ1) is 21.0. The first-order valence-electron chi connectivity index (χ1n) is 10.1. The summed E-state index contributed by atoms with van der Waals surface area (Å²) in [6, 6.07) is 17.1. The molecule has 0 atom stereocenters. The Morgan fingerprint density at radius 2 is 2.00 bits per heavy atom. The van der Waals surface area contributed by atoms with E-state index in [0.717, 1.165) is 11.3 Å². The number of hydrogen-bond donors (Lipinski definition) is 0. The van der Waals surface area contributed by atoms with Crippen LogP contribution in [0.3, 0.4) is 0 Å². The smallest absolute Gasteiger partial charge is 0.272 e. The second-order valence-corrected chi connectivity index (χ2v) is 7.30. The minimum Gasteiger partial charge on any atom is -0.349 e. The van der Waals surface area contributed by atoms with Crippen LogP contribution >= 0.6 is 0 Å². The lowest BCUT2D eigenvalue weighted by Crippen LogP contribution is -2.33. The SMILES string of the molecule is Cn1cccc1-c1cc(C(=O)N(CCC#N)Cc2cccnc2)n(-c2ccc(F)cc2)n1. The van der Waals surface area contributed by atoms with E-state index in [4.69, 9.17) is 5.26 Å². The number of hydrogen-bond acceptors (Lipinski definition) is 4. The van der Waals surface area contributed by atoms with E-state index in [0.29, 0.717) is 23.6 Å². The molecule has 3 heterocycles. The van der Waals surface area contributed by atoms with E-state index in [-0.39, 0.29) is 24.7 Å². The third kappa shape index (κ3) is 4.42. The summed E-state index contributed by atoms with van der Waals surface area (Å²) in [5.74, 6) is -0.648. The van der Waals surface area contributed by atoms with Crippen molar-refractivity contribution in [2.75, 3.05) is 6.54 Å². The lowest BCUT2D eigenvalue weighted by Gasteiger charge is -2.22. The van der Waals surface area contributed by atoms with Crippen molar-refractivity contribution in [3.8, 4) is 23.1 Å². The Bertz CT molecular complexity index is 1250. The molecule has 3 aromatic heterocycles. The Balaban J connectivity index is 1.77. The van der Waals surface area contributed by atoms with Crippen LogP contribution in [-0.2, 0) is 13.6 Å². The van der Waals surface area contributed by atoms with Gasteiger partial charge in [-0.25, -0.2) is 9.07 Å². The molecule has 4 aromatic rings. The van der Waals surface area contributed by atoms with Gasteiger partial charge in [0.1, 0.15) is 17.2 Å². The average molecular weight is 428 g/mol. The third-order valence-electron chi connectivity index (χ3n) is 5.08. The van der Waals surface area contributed by atoms with Crippen molar-refractivity contribution in [3.05, 3.63) is 90.3 Å². The number of carbonyl (C=O) groups is 1. The van der Waals surface area contributed by atoms with E-state index in [1.165, 1.54) is 16.8 Å². The maximum atomic E-state index is 13.6. The Morgan fingerprint density at radius 3 is 2.66 bits per heavy atom. The Morgan fingerprint density at radius 1 is 1.19 bits per heavy atom. The largest absolute Gasteiger partial charge is 0.349 e. The second-order valence-electron chi connectivity index (χ2n) is 7.30. The maximum absolute atomic E-state index is 13.6. The molecule has 4 rings (SSSR count). The summed E-state index contributed by atoms with van der Waals surface area (Å²) in [4.78, 5) is 19.4. The predicted octanol–water partition coefficient (Wildman–Crippen LogP) is 3.97. The zero-order valence-corrected chi connectivity index (χ0v) is 17.5. The minimum absolute atomic E-state index is 0.196. The molecule has 160 valence electrons. The lowest BCUT2D eigenvalue weighted by molar-refractivity contribution is 0.0737. The highest BCUT2D eigenvalue weighted by Crippen LogP contribution is 2.24. The molecular weight excluding hydrogens is 407 g/mol. The molecule has 0 aliphatic carbocycles. The molecule has 0 fully saturated rings. The molecule has 0 saturated carbocycles. The number of benzene rings is 1. The molecule has 0 aliphatic heterocycles. The minimum atomic E-state index is -0.372. The van der Waals surface area contributed by atoms with Crippen LogP contribution in [0.2, 0.25) is 0 Å². The molecule has 0 radical (unpaired) electrons. The number of nitriles is 1. The number of amides is 1. The number of rotatable bonds is 7. The van der Waals surface area contributed by atoms with Crippen molar-refractivity contribution in [1.82, 2.24) is 24.2 Å². The molecule has 0 aliphatic rings. The van der Waals surface area contributed by atoms with Gasteiger partial charge in [0, 0.05) is 38.7 Å². The number of pyridine rings is 1. The van der Waals surface area contributed by atoms with E-state index in [9.17, 15) is 9.18 Å². The van der Waals surface area contributed by atoms with Crippen LogP contribution in [0.25, 0.3) is 17.1 Å². The normalized spacial score (nSPS) is 10.7. The number of nitrogens with zero attached hydrogens (tertiary/aromatic N) is 6. The maximum Gasteiger partial charge on any atom is 0.272 e. The Labute approximate surface area is 185 Å². The molecule has 0 saturated heterocycles. The van der Waals surface area contributed by atoms with E-state index in [2.05, 4.69) is 16.2 Å². The van der Waals surface area contributed by atoms with E-state index in [1.807, 2.05) is 36.0 Å². The fourth-order valence-corrected chi connectivity index (χ4v) is 3.48. The number of halogens is 1. The summed E-state index contributed by atoms with van der Waals surface area (Å²) in [5.41, 5.74) is 3.21. The highest BCUT2D eigenvalue weighted by molar-refractivity contribution is 5.94. The first-order valence-corrected chi connectivity index (χ1v) is 10.1. The zero-order valence-electron chi connectivity index (χ0n) is 17.5. The number of carbonyl (C=O) groups excluding carboxylic acids is 1. The highest BCUT2D eigenvalue weighted by Gasteiger charge is 2.24. The fourth-order valence-electron chi connectivity index (χ4n) is 3.48. The molecule has 32 heavy (non-hydrogen) atoms.